The summed E-state index contributed by atoms with van der Waals surface area (Å²) in [6.07, 6.45) is -0.588. The molecule has 0 fully saturated rings. The molecule has 0 radical (unpaired) electrons. The van der Waals surface area contributed by atoms with Gasteiger partial charge in [-0.2, -0.15) is 9.37 Å². The van der Waals surface area contributed by atoms with E-state index in [2.05, 4.69) is 22.3 Å². The van der Waals surface area contributed by atoms with Crippen LogP contribution in [-0.2, 0) is 7.05 Å². The van der Waals surface area contributed by atoms with Crippen LogP contribution >= 0.6 is 12.2 Å². The van der Waals surface area contributed by atoms with Gasteiger partial charge in [0.2, 0.25) is 4.77 Å². The highest BCUT2D eigenvalue weighted by Gasteiger charge is 1.93. The molecule has 1 heterocycles. The molecule has 3 nitrogen and oxygen atoms in total. The van der Waals surface area contributed by atoms with Gasteiger partial charge in [0.15, 0.2) is 0 Å². The molecule has 1 rings (SSSR count). The first-order valence-electron chi connectivity index (χ1n) is 1.98. The van der Waals surface area contributed by atoms with Gasteiger partial charge in [-0.3, -0.25) is 5.10 Å². The summed E-state index contributed by atoms with van der Waals surface area (Å²) in [6, 6.07) is 0. The highest BCUT2D eigenvalue weighted by atomic mass is 32.1. The number of hydrogen-bond acceptors (Lipinski definition) is 2. The molecule has 1 aromatic heterocycles. The largest absolute Gasteiger partial charge is 0.306 e. The zero-order valence-corrected chi connectivity index (χ0v) is 5.00. The molecule has 0 aliphatic heterocycles. The summed E-state index contributed by atoms with van der Waals surface area (Å²) in [7, 11) is 1.50. The first kappa shape index (κ1) is 5.43. The molecule has 0 spiro atoms. The van der Waals surface area contributed by atoms with Crippen molar-refractivity contribution in [3.63, 3.8) is 0 Å². The molecule has 0 aliphatic rings. The monoisotopic (exact) mass is 133 g/mol. The van der Waals surface area contributed by atoms with E-state index in [4.69, 9.17) is 0 Å². The van der Waals surface area contributed by atoms with Crippen LogP contribution in [-0.4, -0.2) is 14.8 Å². The number of aromatic amines is 1. The van der Waals surface area contributed by atoms with Crippen molar-refractivity contribution >= 4 is 12.2 Å². The first-order valence-corrected chi connectivity index (χ1v) is 2.39. The van der Waals surface area contributed by atoms with Crippen molar-refractivity contribution in [1.82, 2.24) is 14.8 Å². The Morgan fingerprint density at radius 1 is 1.88 bits per heavy atom. The number of hydrogen-bond donors (Lipinski definition) is 1. The van der Waals surface area contributed by atoms with E-state index < -0.39 is 6.08 Å². The molecule has 5 heteroatoms. The SMILES string of the molecule is Cn1[nH]c(=S)nc1F. The molecule has 0 bridgehead atoms. The molecule has 0 aliphatic carbocycles. The predicted molar refractivity (Wildman–Crippen MR) is 28.4 cm³/mol. The molecular weight excluding hydrogens is 129 g/mol. The van der Waals surface area contributed by atoms with Gasteiger partial charge >= 0.3 is 6.08 Å². The van der Waals surface area contributed by atoms with Crippen LogP contribution in [0.5, 0.6) is 0 Å². The van der Waals surface area contributed by atoms with E-state index in [1.807, 2.05) is 0 Å². The standard InChI is InChI=1S/C3H4FN3S/c1-7-2(4)5-3(8)6-7/h1H3,(H,6,8). The lowest BCUT2D eigenvalue weighted by molar-refractivity contribution is 0.477. The molecule has 1 aromatic rings. The normalized spacial score (nSPS) is 9.75. The lowest BCUT2D eigenvalue weighted by atomic mass is 11.2. The maximum atomic E-state index is 12.1. The van der Waals surface area contributed by atoms with Crippen molar-refractivity contribution in [3.05, 3.63) is 10.8 Å². The Morgan fingerprint density at radius 3 is 2.62 bits per heavy atom. The van der Waals surface area contributed by atoms with E-state index in [0.29, 0.717) is 0 Å². The van der Waals surface area contributed by atoms with Crippen molar-refractivity contribution in [2.24, 2.45) is 7.05 Å². The van der Waals surface area contributed by atoms with E-state index in [0.717, 1.165) is 4.68 Å². The van der Waals surface area contributed by atoms with Crippen molar-refractivity contribution in [2.75, 3.05) is 0 Å². The van der Waals surface area contributed by atoms with Gasteiger partial charge in [0.1, 0.15) is 0 Å². The Kier molecular flexibility index (Phi) is 1.13. The number of halogens is 1. The third kappa shape index (κ3) is 0.764. The summed E-state index contributed by atoms with van der Waals surface area (Å²) in [4.78, 5) is 3.27. The second kappa shape index (κ2) is 1.66. The van der Waals surface area contributed by atoms with Gasteiger partial charge in [-0.05, 0) is 12.2 Å². The molecule has 0 amide bonds. The molecule has 0 saturated heterocycles. The molecular formula is C3H4FN3S. The Bertz CT molecular complexity index is 214. The summed E-state index contributed by atoms with van der Waals surface area (Å²) in [5.41, 5.74) is 0. The molecule has 0 saturated carbocycles. The average molecular weight is 133 g/mol. The minimum atomic E-state index is -0.588. The Labute approximate surface area is 50.1 Å². The lowest BCUT2D eigenvalue weighted by Crippen LogP contribution is -1.93. The zero-order valence-electron chi connectivity index (χ0n) is 4.18. The van der Waals surface area contributed by atoms with Crippen molar-refractivity contribution in [1.29, 1.82) is 0 Å². The lowest BCUT2D eigenvalue weighted by Gasteiger charge is -1.83. The maximum absolute atomic E-state index is 12.1. The fourth-order valence-electron chi connectivity index (χ4n) is 0.373. The van der Waals surface area contributed by atoms with Gasteiger partial charge in [0.25, 0.3) is 0 Å². The quantitative estimate of drug-likeness (QED) is 0.526. The Morgan fingerprint density at radius 2 is 2.50 bits per heavy atom. The second-order valence-electron chi connectivity index (χ2n) is 1.36. The fraction of sp³-hybridized carbons (Fsp3) is 0.333. The topological polar surface area (TPSA) is 33.6 Å². The van der Waals surface area contributed by atoms with E-state index in [-0.39, 0.29) is 4.77 Å². The minimum Gasteiger partial charge on any atom is -0.269 e. The maximum Gasteiger partial charge on any atom is 0.306 e. The van der Waals surface area contributed by atoms with Crippen molar-refractivity contribution < 1.29 is 4.39 Å². The number of rotatable bonds is 0. The fourth-order valence-corrected chi connectivity index (χ4v) is 0.586. The van der Waals surface area contributed by atoms with Crippen LogP contribution in [0.25, 0.3) is 0 Å². The van der Waals surface area contributed by atoms with E-state index in [1.54, 1.807) is 0 Å². The van der Waals surface area contributed by atoms with Crippen molar-refractivity contribution in [2.45, 2.75) is 0 Å². The predicted octanol–water partition coefficient (Wildman–Crippen LogP) is 0.617. The Hall–Kier alpha value is -0.710. The Balaban J connectivity index is 3.35. The van der Waals surface area contributed by atoms with Gasteiger partial charge < -0.3 is 0 Å². The van der Waals surface area contributed by atoms with Gasteiger partial charge in [0.05, 0.1) is 0 Å². The number of nitrogens with one attached hydrogen (secondary N) is 1. The number of aryl methyl sites for hydroxylation is 1. The summed E-state index contributed by atoms with van der Waals surface area (Å²) in [5, 5.41) is 2.45. The highest BCUT2D eigenvalue weighted by Crippen LogP contribution is 1.85. The van der Waals surface area contributed by atoms with E-state index in [9.17, 15) is 4.39 Å². The third-order valence-electron chi connectivity index (χ3n) is 0.734. The van der Waals surface area contributed by atoms with E-state index in [1.165, 1.54) is 7.05 Å². The van der Waals surface area contributed by atoms with Gasteiger partial charge in [-0.25, -0.2) is 4.68 Å². The first-order chi connectivity index (χ1) is 3.70. The van der Waals surface area contributed by atoms with Gasteiger partial charge in [-0.15, -0.1) is 0 Å². The highest BCUT2D eigenvalue weighted by molar-refractivity contribution is 7.71. The molecule has 0 atom stereocenters. The van der Waals surface area contributed by atoms with Crippen LogP contribution in [0.3, 0.4) is 0 Å². The molecule has 8 heavy (non-hydrogen) atoms. The third-order valence-corrected chi connectivity index (χ3v) is 0.916. The van der Waals surface area contributed by atoms with Crippen LogP contribution in [0.15, 0.2) is 0 Å². The molecule has 1 N–H and O–H groups in total. The average Bonchev–Trinajstić information content (AvgIpc) is 1.85. The summed E-state index contributed by atoms with van der Waals surface area (Å²) >= 11 is 4.49. The number of aromatic nitrogens is 3. The van der Waals surface area contributed by atoms with E-state index >= 15 is 0 Å². The van der Waals surface area contributed by atoms with Crippen molar-refractivity contribution in [3.8, 4) is 0 Å². The van der Waals surface area contributed by atoms with Crippen LogP contribution in [0, 0.1) is 10.8 Å². The molecule has 44 valence electrons. The zero-order chi connectivity index (χ0) is 6.15. The second-order valence-corrected chi connectivity index (χ2v) is 1.74. The number of nitrogens with zero attached hydrogens (tertiary/aromatic N) is 2. The number of H-pyrrole nitrogens is 1. The summed E-state index contributed by atoms with van der Waals surface area (Å²) < 4.78 is 13.4. The minimum absolute atomic E-state index is 0.171. The van der Waals surface area contributed by atoms with Crippen LogP contribution < -0.4 is 0 Å². The molecule has 0 unspecified atom stereocenters. The van der Waals surface area contributed by atoms with Crippen LogP contribution in [0.2, 0.25) is 0 Å². The van der Waals surface area contributed by atoms with Gasteiger partial charge in [0, 0.05) is 7.05 Å². The van der Waals surface area contributed by atoms with Crippen LogP contribution in [0.4, 0.5) is 4.39 Å². The van der Waals surface area contributed by atoms with Crippen LogP contribution in [0.1, 0.15) is 0 Å². The molecule has 0 aromatic carbocycles. The smallest absolute Gasteiger partial charge is 0.269 e. The summed E-state index contributed by atoms with van der Waals surface area (Å²) in [6.45, 7) is 0. The van der Waals surface area contributed by atoms with Gasteiger partial charge in [-0.1, -0.05) is 0 Å². The summed E-state index contributed by atoms with van der Waals surface area (Å²) in [5.74, 6) is 0.